The van der Waals surface area contributed by atoms with Gasteiger partial charge in [-0.15, -0.1) is 11.3 Å². The predicted molar refractivity (Wildman–Crippen MR) is 226 cm³/mol. The maximum atomic E-state index is 5.09. The molecule has 0 saturated carbocycles. The summed E-state index contributed by atoms with van der Waals surface area (Å²) < 4.78 is 1.25. The minimum atomic E-state index is 0.847. The maximum Gasteiger partial charge on any atom is 0.124 e. The highest BCUT2D eigenvalue weighted by atomic mass is 32.1. The third kappa shape index (κ3) is 5.10. The molecule has 0 unspecified atom stereocenters. The lowest BCUT2D eigenvalue weighted by molar-refractivity contribution is 1.15. The third-order valence-corrected chi connectivity index (χ3v) is 12.3. The Morgan fingerprint density at radius 3 is 1.75 bits per heavy atom. The van der Waals surface area contributed by atoms with E-state index in [9.17, 15) is 0 Å². The third-order valence-electron chi connectivity index (χ3n) is 11.2. The molecule has 1 aromatic heterocycles. The molecule has 0 aliphatic heterocycles. The fourth-order valence-corrected chi connectivity index (χ4v) is 9.70. The average molecular weight is 692 g/mol. The van der Waals surface area contributed by atoms with Gasteiger partial charge in [-0.05, 0) is 114 Å². The summed E-state index contributed by atoms with van der Waals surface area (Å²) >= 11 is 1.79. The molecular weight excluding hydrogens is 659 g/mol. The number of hydrogen-bond acceptors (Lipinski definition) is 2. The molecule has 0 fully saturated rings. The highest BCUT2D eigenvalue weighted by molar-refractivity contribution is 7.22. The summed E-state index contributed by atoms with van der Waals surface area (Å²) in [6.07, 6.45) is 1.72. The van der Waals surface area contributed by atoms with Crippen molar-refractivity contribution in [2.24, 2.45) is 0 Å². The summed E-state index contributed by atoms with van der Waals surface area (Å²) in [5.41, 5.74) is 15.4. The van der Waals surface area contributed by atoms with Crippen LogP contribution in [0.4, 0.5) is 0 Å². The first-order valence-electron chi connectivity index (χ1n) is 18.4. The Morgan fingerprint density at radius 1 is 0.377 bits per heavy atom. The van der Waals surface area contributed by atoms with Crippen LogP contribution >= 0.6 is 11.3 Å². The molecule has 9 aromatic carbocycles. The first-order chi connectivity index (χ1) is 26.2. The fourth-order valence-electron chi connectivity index (χ4n) is 8.56. The molecule has 10 aromatic rings. The van der Waals surface area contributed by atoms with Crippen molar-refractivity contribution in [2.75, 3.05) is 0 Å². The molecule has 1 aliphatic rings. The van der Waals surface area contributed by atoms with Crippen LogP contribution in [0.25, 0.3) is 86.5 Å². The van der Waals surface area contributed by atoms with Crippen molar-refractivity contribution in [2.45, 2.75) is 12.8 Å². The second kappa shape index (κ2) is 12.1. The van der Waals surface area contributed by atoms with Crippen LogP contribution in [0, 0.1) is 0 Å². The summed E-state index contributed by atoms with van der Waals surface area (Å²) in [4.78, 5) is 5.09. The largest absolute Gasteiger partial charge is 0.236 e. The number of thiazole rings is 1. The van der Waals surface area contributed by atoms with Gasteiger partial charge in [0.1, 0.15) is 5.01 Å². The van der Waals surface area contributed by atoms with Gasteiger partial charge in [-0.2, -0.15) is 0 Å². The van der Waals surface area contributed by atoms with Gasteiger partial charge < -0.3 is 0 Å². The van der Waals surface area contributed by atoms with Crippen molar-refractivity contribution in [3.63, 3.8) is 0 Å². The Morgan fingerprint density at radius 2 is 0.962 bits per heavy atom. The highest BCUT2D eigenvalue weighted by Gasteiger charge is 2.20. The lowest BCUT2D eigenvalue weighted by Gasteiger charge is -2.22. The summed E-state index contributed by atoms with van der Waals surface area (Å²) in [6.45, 7) is 0. The summed E-state index contributed by atoms with van der Waals surface area (Å²) in [7, 11) is 0. The van der Waals surface area contributed by atoms with E-state index in [-0.39, 0.29) is 0 Å². The van der Waals surface area contributed by atoms with Gasteiger partial charge in [0.05, 0.1) is 10.2 Å². The van der Waals surface area contributed by atoms with E-state index in [0.717, 1.165) is 28.9 Å². The van der Waals surface area contributed by atoms with Crippen molar-refractivity contribution in [1.29, 1.82) is 0 Å². The van der Waals surface area contributed by atoms with Gasteiger partial charge in [0.15, 0.2) is 0 Å². The minimum Gasteiger partial charge on any atom is -0.236 e. The Hall–Kier alpha value is -6.35. The van der Waals surface area contributed by atoms with Gasteiger partial charge in [0.2, 0.25) is 0 Å². The monoisotopic (exact) mass is 691 g/mol. The molecule has 2 heteroatoms. The minimum absolute atomic E-state index is 0.847. The molecule has 0 atom stereocenters. The van der Waals surface area contributed by atoms with E-state index in [2.05, 4.69) is 176 Å². The molecule has 0 N–H and O–H groups in total. The van der Waals surface area contributed by atoms with Gasteiger partial charge in [-0.3, -0.25) is 0 Å². The van der Waals surface area contributed by atoms with Crippen LogP contribution in [0.5, 0.6) is 0 Å². The maximum absolute atomic E-state index is 5.09. The molecule has 1 nitrogen and oxygen atoms in total. The van der Waals surface area contributed by atoms with Crippen LogP contribution in [0.1, 0.15) is 22.3 Å². The molecule has 248 valence electrons. The number of nitrogens with zero attached hydrogens (tertiary/aromatic N) is 1. The summed E-state index contributed by atoms with van der Waals surface area (Å²) in [6, 6.07) is 65.2. The number of benzene rings is 9. The van der Waals surface area contributed by atoms with Crippen molar-refractivity contribution in [3.05, 3.63) is 198 Å². The normalized spacial score (nSPS) is 12.4. The average Bonchev–Trinajstić information content (AvgIpc) is 3.66. The summed E-state index contributed by atoms with van der Waals surface area (Å²) in [5, 5.41) is 8.67. The number of hydrogen-bond donors (Lipinski definition) is 0. The van der Waals surface area contributed by atoms with Crippen molar-refractivity contribution in [1.82, 2.24) is 4.98 Å². The van der Waals surface area contributed by atoms with Crippen LogP contribution in [0.3, 0.4) is 0 Å². The Balaban J connectivity index is 1.12. The second-order valence-corrected chi connectivity index (χ2v) is 15.3. The SMILES string of the molecule is c1ccc(-c2nc3ccc4ccc5ccc(-c6ccc7c(c6)Cc6ccccc6-c6ccccc6Cc6cc8ccccc8cc6-7)cc5c4c3s2)cc1. The van der Waals surface area contributed by atoms with Crippen LogP contribution in [0.2, 0.25) is 0 Å². The first-order valence-corrected chi connectivity index (χ1v) is 19.2. The van der Waals surface area contributed by atoms with Gasteiger partial charge >= 0.3 is 0 Å². The zero-order chi connectivity index (χ0) is 34.9. The van der Waals surface area contributed by atoms with Crippen molar-refractivity contribution in [3.8, 4) is 44.0 Å². The van der Waals surface area contributed by atoms with Gasteiger partial charge in [-0.1, -0.05) is 158 Å². The number of aromatic nitrogens is 1. The Labute approximate surface area is 312 Å². The quantitative estimate of drug-likeness (QED) is 0.164. The van der Waals surface area contributed by atoms with Crippen molar-refractivity contribution >= 4 is 53.9 Å². The predicted octanol–water partition coefficient (Wildman–Crippen LogP) is 13.9. The molecular formula is C51H33NS. The Bertz CT molecular complexity index is 3060. The second-order valence-electron chi connectivity index (χ2n) is 14.3. The van der Waals surface area contributed by atoms with Crippen LogP contribution in [-0.4, -0.2) is 4.98 Å². The smallest absolute Gasteiger partial charge is 0.124 e. The lowest BCUT2D eigenvalue weighted by Crippen LogP contribution is -2.03. The van der Waals surface area contributed by atoms with E-state index >= 15 is 0 Å². The van der Waals surface area contributed by atoms with E-state index in [0.29, 0.717) is 0 Å². The van der Waals surface area contributed by atoms with Crippen LogP contribution in [-0.2, 0) is 12.8 Å². The molecule has 1 heterocycles. The number of fused-ring (bicyclic) bond motifs is 12. The standard InChI is InChI=1S/C51H33NS/c1-2-10-34(11-3-1)51-52-48-25-23-33-20-18-32-19-21-38(31-47(32)49(33)50(48)53-51)37-22-24-45-41(27-37)28-39-14-6-8-16-43(39)44-17-9-7-15-40(44)29-42-26-35-12-4-5-13-36(35)30-46(42)45/h1-27,30-31H,28-29H2. The Kier molecular flexibility index (Phi) is 6.93. The van der Waals surface area contributed by atoms with E-state index < -0.39 is 0 Å². The zero-order valence-corrected chi connectivity index (χ0v) is 29.8. The highest BCUT2D eigenvalue weighted by Crippen LogP contribution is 2.42. The van der Waals surface area contributed by atoms with Gasteiger partial charge in [0.25, 0.3) is 0 Å². The molecule has 0 amide bonds. The van der Waals surface area contributed by atoms with E-state index in [1.807, 2.05) is 0 Å². The van der Waals surface area contributed by atoms with E-state index in [4.69, 9.17) is 4.98 Å². The van der Waals surface area contributed by atoms with Crippen LogP contribution in [0.15, 0.2) is 176 Å². The van der Waals surface area contributed by atoms with Crippen molar-refractivity contribution < 1.29 is 0 Å². The van der Waals surface area contributed by atoms with Gasteiger partial charge in [0, 0.05) is 10.9 Å². The fraction of sp³-hybridized carbons (Fsp3) is 0.0392. The zero-order valence-electron chi connectivity index (χ0n) is 29.0. The molecule has 0 saturated heterocycles. The van der Waals surface area contributed by atoms with E-state index in [1.54, 1.807) is 11.3 Å². The molecule has 53 heavy (non-hydrogen) atoms. The molecule has 1 aliphatic carbocycles. The number of rotatable bonds is 2. The topological polar surface area (TPSA) is 12.9 Å². The molecule has 0 spiro atoms. The molecule has 11 rings (SSSR count). The summed E-state index contributed by atoms with van der Waals surface area (Å²) in [5.74, 6) is 0. The molecule has 0 radical (unpaired) electrons. The first kappa shape index (κ1) is 30.3. The molecule has 0 bridgehead atoms. The lowest BCUT2D eigenvalue weighted by atomic mass is 9.82. The van der Waals surface area contributed by atoms with Gasteiger partial charge in [-0.25, -0.2) is 4.98 Å². The van der Waals surface area contributed by atoms with Crippen LogP contribution < -0.4 is 0 Å². The van der Waals surface area contributed by atoms with E-state index in [1.165, 1.54) is 92.7 Å².